The first-order valence-electron chi connectivity index (χ1n) is 4.74. The van der Waals surface area contributed by atoms with Crippen LogP contribution in [-0.2, 0) is 4.79 Å². The highest BCUT2D eigenvalue weighted by Crippen LogP contribution is 1.91. The number of carboxylic acid groups (broad SMARTS) is 1. The van der Waals surface area contributed by atoms with Crippen LogP contribution in [0.3, 0.4) is 0 Å². The van der Waals surface area contributed by atoms with Crippen molar-refractivity contribution >= 4 is 5.97 Å². The van der Waals surface area contributed by atoms with Crippen LogP contribution in [0, 0.1) is 0 Å². The number of carbonyl (C=O) groups is 1. The van der Waals surface area contributed by atoms with Crippen LogP contribution >= 0.6 is 0 Å². The first kappa shape index (κ1) is 15.8. The lowest BCUT2D eigenvalue weighted by Gasteiger charge is -2.08. The lowest BCUT2D eigenvalue weighted by molar-refractivity contribution is -0.137. The second-order valence-electron chi connectivity index (χ2n) is 3.02. The van der Waals surface area contributed by atoms with Crippen LogP contribution in [0.2, 0.25) is 0 Å². The quantitative estimate of drug-likeness (QED) is 0.493. The molecule has 0 bridgehead atoms. The van der Waals surface area contributed by atoms with Crippen molar-refractivity contribution in [1.29, 1.82) is 0 Å². The molecule has 0 amide bonds. The van der Waals surface area contributed by atoms with Gasteiger partial charge in [0.15, 0.2) is 0 Å². The number of unbranched alkanes of at least 4 members (excludes halogenated alkanes) is 1. The van der Waals surface area contributed by atoms with E-state index in [9.17, 15) is 4.79 Å². The third-order valence-electron chi connectivity index (χ3n) is 1.23. The molecule has 2 atom stereocenters. The van der Waals surface area contributed by atoms with E-state index in [0.29, 0.717) is 6.42 Å². The van der Waals surface area contributed by atoms with Crippen molar-refractivity contribution in [3.63, 3.8) is 0 Å². The van der Waals surface area contributed by atoms with Gasteiger partial charge in [0.05, 0.1) is 0 Å². The molecule has 0 spiro atoms. The van der Waals surface area contributed by atoms with Crippen molar-refractivity contribution in [2.24, 2.45) is 0 Å². The van der Waals surface area contributed by atoms with Crippen molar-refractivity contribution in [3.8, 4) is 0 Å². The summed E-state index contributed by atoms with van der Waals surface area (Å²) in [5.41, 5.74) is 0. The molecule has 0 heterocycles. The predicted octanol–water partition coefficient (Wildman–Crippen LogP) is 0.514. The summed E-state index contributed by atoms with van der Waals surface area (Å²) in [4.78, 5) is 9.76. The molecule has 0 aliphatic carbocycles. The van der Waals surface area contributed by atoms with Crippen LogP contribution in [0.5, 0.6) is 0 Å². The monoisotopic (exact) mass is 207 g/mol. The largest absolute Gasteiger partial charge is 0.481 e. The summed E-state index contributed by atoms with van der Waals surface area (Å²) in [5.74, 6) is -0.693. The summed E-state index contributed by atoms with van der Waals surface area (Å²) in [6.45, 7) is 5.07. The van der Waals surface area contributed by atoms with Gasteiger partial charge in [-0.2, -0.15) is 0 Å². The smallest absolute Gasteiger partial charge is 0.303 e. The van der Waals surface area contributed by atoms with Gasteiger partial charge < -0.3 is 15.3 Å². The molecule has 2 unspecified atom stereocenters. The molecule has 0 rings (SSSR count). The molecule has 0 aliphatic rings. The SMILES string of the molecule is CC(O)NC(C)O.CCCCC(=O)O. The summed E-state index contributed by atoms with van der Waals surface area (Å²) in [6.07, 6.45) is 0.831. The van der Waals surface area contributed by atoms with Crippen LogP contribution in [0.25, 0.3) is 0 Å². The molecule has 0 aromatic carbocycles. The molecule has 0 aromatic heterocycles. The Kier molecular flexibility index (Phi) is 11.8. The average molecular weight is 207 g/mol. The summed E-state index contributed by atoms with van der Waals surface area (Å²) in [7, 11) is 0. The summed E-state index contributed by atoms with van der Waals surface area (Å²) < 4.78 is 0. The Labute approximate surface area is 84.8 Å². The minimum atomic E-state index is -0.693. The van der Waals surface area contributed by atoms with Gasteiger partial charge >= 0.3 is 5.97 Å². The molecule has 5 nitrogen and oxygen atoms in total. The molecule has 0 aromatic rings. The fraction of sp³-hybridized carbons (Fsp3) is 0.889. The lowest BCUT2D eigenvalue weighted by atomic mass is 10.3. The molecule has 14 heavy (non-hydrogen) atoms. The minimum absolute atomic E-state index is 0.316. The van der Waals surface area contributed by atoms with Gasteiger partial charge in [-0.05, 0) is 20.3 Å². The van der Waals surface area contributed by atoms with Crippen molar-refractivity contribution in [2.45, 2.75) is 52.5 Å². The maximum atomic E-state index is 9.76. The van der Waals surface area contributed by atoms with Gasteiger partial charge in [-0.25, -0.2) is 0 Å². The summed E-state index contributed by atoms with van der Waals surface area (Å²) >= 11 is 0. The van der Waals surface area contributed by atoms with E-state index in [0.717, 1.165) is 12.8 Å². The van der Waals surface area contributed by atoms with E-state index >= 15 is 0 Å². The van der Waals surface area contributed by atoms with E-state index in [-0.39, 0.29) is 0 Å². The zero-order chi connectivity index (χ0) is 11.6. The summed E-state index contributed by atoms with van der Waals surface area (Å²) in [5, 5.41) is 27.4. The van der Waals surface area contributed by atoms with E-state index in [1.165, 1.54) is 0 Å². The van der Waals surface area contributed by atoms with Crippen molar-refractivity contribution in [1.82, 2.24) is 5.32 Å². The van der Waals surface area contributed by atoms with Crippen molar-refractivity contribution in [3.05, 3.63) is 0 Å². The minimum Gasteiger partial charge on any atom is -0.481 e. The second-order valence-corrected chi connectivity index (χ2v) is 3.02. The standard InChI is InChI=1S/C5H10O2.C4H11NO2/c1-2-3-4-5(6)7;1-3(6)5-4(2)7/h2-4H2,1H3,(H,6,7);3-7H,1-2H3. The van der Waals surface area contributed by atoms with E-state index in [1.54, 1.807) is 13.8 Å². The highest BCUT2D eigenvalue weighted by atomic mass is 16.4. The van der Waals surface area contributed by atoms with Gasteiger partial charge in [0, 0.05) is 6.42 Å². The normalized spacial score (nSPS) is 13.8. The molecule has 0 fully saturated rings. The van der Waals surface area contributed by atoms with Crippen LogP contribution in [-0.4, -0.2) is 33.7 Å². The number of rotatable bonds is 5. The zero-order valence-corrected chi connectivity index (χ0v) is 9.03. The number of aliphatic hydroxyl groups is 2. The maximum Gasteiger partial charge on any atom is 0.303 e. The molecule has 86 valence electrons. The van der Waals surface area contributed by atoms with E-state index < -0.39 is 18.4 Å². The van der Waals surface area contributed by atoms with E-state index in [4.69, 9.17) is 15.3 Å². The topological polar surface area (TPSA) is 89.8 Å². The molecule has 5 heteroatoms. The summed E-state index contributed by atoms with van der Waals surface area (Å²) in [6, 6.07) is 0. The van der Waals surface area contributed by atoms with Crippen LogP contribution < -0.4 is 5.32 Å². The van der Waals surface area contributed by atoms with Gasteiger partial charge in [-0.1, -0.05) is 13.3 Å². The Morgan fingerprint density at radius 2 is 1.71 bits per heavy atom. The van der Waals surface area contributed by atoms with Gasteiger partial charge in [0.1, 0.15) is 12.5 Å². The molecule has 4 N–H and O–H groups in total. The van der Waals surface area contributed by atoms with Crippen LogP contribution in [0.1, 0.15) is 40.0 Å². The van der Waals surface area contributed by atoms with E-state index in [2.05, 4.69) is 5.32 Å². The predicted molar refractivity (Wildman–Crippen MR) is 53.7 cm³/mol. The van der Waals surface area contributed by atoms with Gasteiger partial charge in [0.2, 0.25) is 0 Å². The van der Waals surface area contributed by atoms with Crippen LogP contribution in [0.15, 0.2) is 0 Å². The number of nitrogens with one attached hydrogen (secondary N) is 1. The fourth-order valence-corrected chi connectivity index (χ4v) is 0.677. The van der Waals surface area contributed by atoms with Gasteiger partial charge in [-0.15, -0.1) is 0 Å². The van der Waals surface area contributed by atoms with Crippen molar-refractivity contribution in [2.75, 3.05) is 0 Å². The third kappa shape index (κ3) is 22.5. The number of hydrogen-bond donors (Lipinski definition) is 4. The van der Waals surface area contributed by atoms with E-state index in [1.807, 2.05) is 6.92 Å². The van der Waals surface area contributed by atoms with Gasteiger partial charge in [0.25, 0.3) is 0 Å². The molecule has 0 aliphatic heterocycles. The maximum absolute atomic E-state index is 9.76. The molecular weight excluding hydrogens is 186 g/mol. The molecule has 0 saturated heterocycles. The first-order valence-corrected chi connectivity index (χ1v) is 4.74. The Bertz CT molecular complexity index is 131. The molecular formula is C9H21NO4. The first-order chi connectivity index (χ1) is 6.40. The molecule has 0 saturated carbocycles. The molecule has 0 radical (unpaired) electrons. The zero-order valence-electron chi connectivity index (χ0n) is 9.03. The number of carboxylic acids is 1. The average Bonchev–Trinajstić information content (AvgIpc) is 1.99. The highest BCUT2D eigenvalue weighted by Gasteiger charge is 1.95. The van der Waals surface area contributed by atoms with Gasteiger partial charge in [-0.3, -0.25) is 10.1 Å². The number of aliphatic hydroxyl groups excluding tert-OH is 2. The Balaban J connectivity index is 0. The fourth-order valence-electron chi connectivity index (χ4n) is 0.677. The third-order valence-corrected chi connectivity index (χ3v) is 1.23. The van der Waals surface area contributed by atoms with Crippen LogP contribution in [0.4, 0.5) is 0 Å². The Morgan fingerprint density at radius 3 is 1.79 bits per heavy atom. The number of hydrogen-bond acceptors (Lipinski definition) is 4. The highest BCUT2D eigenvalue weighted by molar-refractivity contribution is 5.66. The number of aliphatic carboxylic acids is 1. The second kappa shape index (κ2) is 10.4. The Hall–Kier alpha value is -0.650. The lowest BCUT2D eigenvalue weighted by Crippen LogP contribution is -2.33. The van der Waals surface area contributed by atoms with Crippen molar-refractivity contribution < 1.29 is 20.1 Å². The Morgan fingerprint density at radius 1 is 1.29 bits per heavy atom.